The van der Waals surface area contributed by atoms with Gasteiger partial charge in [-0.25, -0.2) is 0 Å². The molecule has 116 valence electrons. The topological polar surface area (TPSA) is 62.6 Å². The number of ether oxygens (including phenoxy) is 2. The van der Waals surface area contributed by atoms with E-state index in [0.717, 1.165) is 32.5 Å². The highest BCUT2D eigenvalue weighted by atomic mass is 32.1. The fourth-order valence-electron chi connectivity index (χ4n) is 2.46. The number of carbonyl (C=O) groups excluding carboxylic acids is 1. The van der Waals surface area contributed by atoms with Gasteiger partial charge in [0, 0.05) is 18.0 Å². The van der Waals surface area contributed by atoms with Crippen molar-refractivity contribution in [1.29, 1.82) is 5.41 Å². The molecule has 1 atom stereocenters. The highest BCUT2D eigenvalue weighted by Crippen LogP contribution is 2.18. The Bertz CT molecular complexity index is 461. The third kappa shape index (κ3) is 5.47. The molecule has 1 aromatic heterocycles. The SMILES string of the molecule is CCOC(=N)CC(=O)OC1CCCN(Cc2cccs2)C1. The average molecular weight is 310 g/mol. The predicted molar refractivity (Wildman–Crippen MR) is 82.7 cm³/mol. The third-order valence-electron chi connectivity index (χ3n) is 3.34. The molecular weight excluding hydrogens is 288 g/mol. The Hall–Kier alpha value is -1.40. The molecule has 21 heavy (non-hydrogen) atoms. The molecule has 1 unspecified atom stereocenters. The van der Waals surface area contributed by atoms with Crippen molar-refractivity contribution in [3.8, 4) is 0 Å². The van der Waals surface area contributed by atoms with E-state index in [1.165, 1.54) is 4.88 Å². The molecule has 6 heteroatoms. The lowest BCUT2D eigenvalue weighted by molar-refractivity contribution is -0.150. The first-order chi connectivity index (χ1) is 10.2. The van der Waals surface area contributed by atoms with E-state index in [9.17, 15) is 4.79 Å². The first-order valence-corrected chi connectivity index (χ1v) is 8.19. The standard InChI is InChI=1S/C15H22N2O3S/c1-2-19-14(16)9-15(18)20-12-5-3-7-17(10-12)11-13-6-4-8-21-13/h4,6,8,12,16H,2-3,5,7,9-11H2,1H3. The molecule has 0 saturated carbocycles. The zero-order valence-electron chi connectivity index (χ0n) is 12.3. The number of hydrogen-bond donors (Lipinski definition) is 1. The summed E-state index contributed by atoms with van der Waals surface area (Å²) in [5, 5.41) is 9.55. The number of hydrogen-bond acceptors (Lipinski definition) is 6. The smallest absolute Gasteiger partial charge is 0.315 e. The molecule has 0 aliphatic carbocycles. The monoisotopic (exact) mass is 310 g/mol. The largest absolute Gasteiger partial charge is 0.481 e. The van der Waals surface area contributed by atoms with E-state index in [2.05, 4.69) is 22.4 Å². The van der Waals surface area contributed by atoms with E-state index in [1.807, 2.05) is 0 Å². The fourth-order valence-corrected chi connectivity index (χ4v) is 3.21. The first-order valence-electron chi connectivity index (χ1n) is 7.31. The second kappa shape index (κ2) is 8.14. The summed E-state index contributed by atoms with van der Waals surface area (Å²) in [6.45, 7) is 4.93. The van der Waals surface area contributed by atoms with Gasteiger partial charge in [0.15, 0.2) is 5.90 Å². The van der Waals surface area contributed by atoms with Gasteiger partial charge in [0.05, 0.1) is 6.61 Å². The van der Waals surface area contributed by atoms with E-state index < -0.39 is 0 Å². The van der Waals surface area contributed by atoms with Crippen molar-refractivity contribution in [2.75, 3.05) is 19.7 Å². The molecule has 5 nitrogen and oxygen atoms in total. The summed E-state index contributed by atoms with van der Waals surface area (Å²) in [5.41, 5.74) is 0. The molecule has 0 amide bonds. The lowest BCUT2D eigenvalue weighted by Crippen LogP contribution is -2.40. The van der Waals surface area contributed by atoms with Crippen LogP contribution in [0.1, 0.15) is 31.1 Å². The van der Waals surface area contributed by atoms with Crippen LogP contribution in [0, 0.1) is 5.41 Å². The molecule has 1 aromatic rings. The van der Waals surface area contributed by atoms with Gasteiger partial charge in [-0.1, -0.05) is 6.07 Å². The van der Waals surface area contributed by atoms with Crippen LogP contribution in [0.25, 0.3) is 0 Å². The van der Waals surface area contributed by atoms with Crippen molar-refractivity contribution in [2.24, 2.45) is 0 Å². The number of carbonyl (C=O) groups is 1. The summed E-state index contributed by atoms with van der Waals surface area (Å²) in [6.07, 6.45) is 1.79. The molecule has 0 radical (unpaired) electrons. The summed E-state index contributed by atoms with van der Waals surface area (Å²) in [5.74, 6) is -0.384. The van der Waals surface area contributed by atoms with E-state index in [0.29, 0.717) is 6.61 Å². The minimum Gasteiger partial charge on any atom is -0.481 e. The van der Waals surface area contributed by atoms with Gasteiger partial charge in [-0.2, -0.15) is 0 Å². The van der Waals surface area contributed by atoms with Crippen molar-refractivity contribution >= 4 is 23.2 Å². The minimum atomic E-state index is -0.364. The highest BCUT2D eigenvalue weighted by molar-refractivity contribution is 7.09. The minimum absolute atomic E-state index is 0.0197. The van der Waals surface area contributed by atoms with Gasteiger partial charge in [-0.05, 0) is 37.8 Å². The van der Waals surface area contributed by atoms with Crippen LogP contribution in [-0.4, -0.2) is 42.6 Å². The Balaban J connectivity index is 1.75. The predicted octanol–water partition coefficient (Wildman–Crippen LogP) is 2.66. The van der Waals surface area contributed by atoms with Crippen molar-refractivity contribution in [3.05, 3.63) is 22.4 Å². The first kappa shape index (κ1) is 16.0. The molecule has 0 bridgehead atoms. The number of esters is 1. The van der Waals surface area contributed by atoms with Gasteiger partial charge in [-0.15, -0.1) is 11.3 Å². The average Bonchev–Trinajstić information content (AvgIpc) is 2.92. The normalized spacial score (nSPS) is 19.2. The summed E-state index contributed by atoms with van der Waals surface area (Å²) in [6, 6.07) is 4.19. The Morgan fingerprint density at radius 2 is 2.43 bits per heavy atom. The van der Waals surface area contributed by atoms with Crippen LogP contribution in [0.5, 0.6) is 0 Å². The summed E-state index contributed by atoms with van der Waals surface area (Å²) < 4.78 is 10.4. The zero-order valence-corrected chi connectivity index (χ0v) is 13.2. The summed E-state index contributed by atoms with van der Waals surface area (Å²) >= 11 is 1.75. The highest BCUT2D eigenvalue weighted by Gasteiger charge is 2.23. The van der Waals surface area contributed by atoms with Crippen molar-refractivity contribution in [2.45, 2.75) is 38.8 Å². The van der Waals surface area contributed by atoms with Gasteiger partial charge in [0.1, 0.15) is 12.5 Å². The van der Waals surface area contributed by atoms with Crippen molar-refractivity contribution in [1.82, 2.24) is 4.90 Å². The van der Waals surface area contributed by atoms with Gasteiger partial charge < -0.3 is 9.47 Å². The molecule has 1 saturated heterocycles. The molecule has 2 heterocycles. The van der Waals surface area contributed by atoms with E-state index in [1.54, 1.807) is 18.3 Å². The molecule has 1 aliphatic rings. The van der Waals surface area contributed by atoms with Gasteiger partial charge in [0.2, 0.25) is 0 Å². The quantitative estimate of drug-likeness (QED) is 0.498. The third-order valence-corrected chi connectivity index (χ3v) is 4.20. The number of likely N-dealkylation sites (tertiary alicyclic amines) is 1. The van der Waals surface area contributed by atoms with Gasteiger partial charge in [0.25, 0.3) is 0 Å². The molecular formula is C15H22N2O3S. The Morgan fingerprint density at radius 1 is 1.57 bits per heavy atom. The lowest BCUT2D eigenvalue weighted by atomic mass is 10.1. The lowest BCUT2D eigenvalue weighted by Gasteiger charge is -2.32. The zero-order chi connectivity index (χ0) is 15.1. The number of rotatable bonds is 6. The second-order valence-electron chi connectivity index (χ2n) is 5.10. The second-order valence-corrected chi connectivity index (χ2v) is 6.13. The molecule has 0 aromatic carbocycles. The fraction of sp³-hybridized carbons (Fsp3) is 0.600. The van der Waals surface area contributed by atoms with Gasteiger partial charge >= 0.3 is 5.97 Å². The van der Waals surface area contributed by atoms with Crippen LogP contribution in [0.4, 0.5) is 0 Å². The van der Waals surface area contributed by atoms with E-state index >= 15 is 0 Å². The van der Waals surface area contributed by atoms with Crippen LogP contribution in [0.3, 0.4) is 0 Å². The number of nitrogens with one attached hydrogen (secondary N) is 1. The van der Waals surface area contributed by atoms with E-state index in [4.69, 9.17) is 14.9 Å². The molecule has 2 rings (SSSR count). The van der Waals surface area contributed by atoms with Crippen molar-refractivity contribution in [3.63, 3.8) is 0 Å². The summed E-state index contributed by atoms with van der Waals surface area (Å²) in [4.78, 5) is 15.4. The van der Waals surface area contributed by atoms with Crippen molar-refractivity contribution < 1.29 is 14.3 Å². The van der Waals surface area contributed by atoms with Crippen LogP contribution < -0.4 is 0 Å². The maximum absolute atomic E-state index is 11.8. The maximum Gasteiger partial charge on any atom is 0.315 e. The van der Waals surface area contributed by atoms with E-state index in [-0.39, 0.29) is 24.4 Å². The molecule has 1 N–H and O–H groups in total. The van der Waals surface area contributed by atoms with Crippen LogP contribution in [-0.2, 0) is 20.8 Å². The van der Waals surface area contributed by atoms with Crippen LogP contribution in [0.15, 0.2) is 17.5 Å². The number of thiophene rings is 1. The van der Waals surface area contributed by atoms with Crippen LogP contribution in [0.2, 0.25) is 0 Å². The van der Waals surface area contributed by atoms with Crippen LogP contribution >= 0.6 is 11.3 Å². The molecule has 1 aliphatic heterocycles. The Morgan fingerprint density at radius 3 is 3.14 bits per heavy atom. The summed E-state index contributed by atoms with van der Waals surface area (Å²) in [7, 11) is 0. The molecule has 0 spiro atoms. The number of nitrogens with zero attached hydrogens (tertiary/aromatic N) is 1. The Labute approximate surface area is 129 Å². The Kier molecular flexibility index (Phi) is 6.20. The van der Waals surface area contributed by atoms with Gasteiger partial charge in [-0.3, -0.25) is 15.1 Å². The molecule has 1 fully saturated rings. The maximum atomic E-state index is 11.8. The number of piperidine rings is 1.